The summed E-state index contributed by atoms with van der Waals surface area (Å²) in [6.45, 7) is 3.66. The summed E-state index contributed by atoms with van der Waals surface area (Å²) in [6.07, 6.45) is 1.61. The molecule has 2 aromatic carbocycles. The van der Waals surface area contributed by atoms with Gasteiger partial charge in [-0.05, 0) is 47.5 Å². The van der Waals surface area contributed by atoms with E-state index in [9.17, 15) is 4.79 Å². The summed E-state index contributed by atoms with van der Waals surface area (Å²) in [5, 5.41) is 4.69. The zero-order chi connectivity index (χ0) is 18.9. The van der Waals surface area contributed by atoms with Crippen molar-refractivity contribution >= 4 is 23.7 Å². The van der Waals surface area contributed by atoms with Crippen LogP contribution in [-0.4, -0.2) is 49.9 Å². The van der Waals surface area contributed by atoms with Crippen molar-refractivity contribution in [3.05, 3.63) is 64.7 Å². The molecule has 0 bridgehead atoms. The monoisotopic (exact) mass is 387 g/mol. The van der Waals surface area contributed by atoms with Crippen LogP contribution in [0.4, 0.5) is 0 Å². The lowest BCUT2D eigenvalue weighted by atomic mass is 10.2. The van der Waals surface area contributed by atoms with Crippen LogP contribution in [0.25, 0.3) is 0 Å². The lowest BCUT2D eigenvalue weighted by Crippen LogP contribution is -2.42. The highest BCUT2D eigenvalue weighted by Crippen LogP contribution is 2.15. The number of hydrogen-bond acceptors (Lipinski definition) is 5. The van der Waals surface area contributed by atoms with Gasteiger partial charge < -0.3 is 9.47 Å². The smallest absolute Gasteiger partial charge is 0.254 e. The third-order valence-corrected chi connectivity index (χ3v) is 4.28. The number of hydrogen-bond donors (Lipinski definition) is 1. The van der Waals surface area contributed by atoms with Crippen molar-refractivity contribution in [2.24, 2.45) is 5.10 Å². The van der Waals surface area contributed by atoms with Gasteiger partial charge in [-0.15, -0.1) is 0 Å². The van der Waals surface area contributed by atoms with Gasteiger partial charge in [0.1, 0.15) is 12.4 Å². The van der Waals surface area contributed by atoms with E-state index in [1.807, 2.05) is 53.4 Å². The second-order valence-corrected chi connectivity index (χ2v) is 6.61. The normalized spacial score (nSPS) is 15.0. The third kappa shape index (κ3) is 6.67. The Bertz CT molecular complexity index is 774. The average Bonchev–Trinajstić information content (AvgIpc) is 2.68. The fraction of sp³-hybridized carbons (Fsp3) is 0.300. The van der Waals surface area contributed by atoms with Gasteiger partial charge in [-0.1, -0.05) is 23.7 Å². The van der Waals surface area contributed by atoms with Crippen LogP contribution in [0.15, 0.2) is 53.6 Å². The number of hydrazone groups is 1. The molecule has 3 rings (SSSR count). The van der Waals surface area contributed by atoms with Gasteiger partial charge in [0.15, 0.2) is 0 Å². The number of benzene rings is 2. The molecule has 27 heavy (non-hydrogen) atoms. The molecule has 0 atom stereocenters. The molecule has 1 aliphatic heterocycles. The Balaban J connectivity index is 1.42. The van der Waals surface area contributed by atoms with Gasteiger partial charge in [0, 0.05) is 18.1 Å². The fourth-order valence-corrected chi connectivity index (χ4v) is 2.83. The molecular formula is C20H22ClN3O3. The second-order valence-electron chi connectivity index (χ2n) is 6.17. The van der Waals surface area contributed by atoms with Crippen LogP contribution in [0.3, 0.4) is 0 Å². The van der Waals surface area contributed by atoms with E-state index in [1.165, 1.54) is 0 Å². The van der Waals surface area contributed by atoms with E-state index in [4.69, 9.17) is 21.1 Å². The average molecular weight is 388 g/mol. The molecule has 0 aromatic heterocycles. The molecule has 0 aliphatic carbocycles. The van der Waals surface area contributed by atoms with Crippen molar-refractivity contribution < 1.29 is 14.3 Å². The first-order valence-corrected chi connectivity index (χ1v) is 9.16. The Labute approximate surface area is 163 Å². The highest BCUT2D eigenvalue weighted by Gasteiger charge is 2.13. The fourth-order valence-electron chi connectivity index (χ4n) is 2.62. The Morgan fingerprint density at radius 3 is 2.74 bits per heavy atom. The van der Waals surface area contributed by atoms with Gasteiger partial charge in [0.2, 0.25) is 0 Å². The topological polar surface area (TPSA) is 63.2 Å². The molecule has 0 saturated carbocycles. The number of rotatable bonds is 7. The predicted molar refractivity (Wildman–Crippen MR) is 105 cm³/mol. The number of halogens is 1. The second kappa shape index (κ2) is 10.1. The number of carbonyl (C=O) groups is 1. The van der Waals surface area contributed by atoms with Crippen molar-refractivity contribution in [1.29, 1.82) is 0 Å². The summed E-state index contributed by atoms with van der Waals surface area (Å²) in [4.78, 5) is 13.9. The maximum absolute atomic E-state index is 11.9. The van der Waals surface area contributed by atoms with Crippen molar-refractivity contribution in [3.8, 4) is 5.75 Å². The van der Waals surface area contributed by atoms with Crippen molar-refractivity contribution in [2.45, 2.75) is 6.61 Å². The molecule has 7 heteroatoms. The summed E-state index contributed by atoms with van der Waals surface area (Å²) in [5.74, 6) is 0.623. The number of carbonyl (C=O) groups excluding carboxylic acids is 1. The molecule has 0 radical (unpaired) electrons. The molecule has 2 aromatic rings. The summed E-state index contributed by atoms with van der Waals surface area (Å²) >= 11 is 5.96. The van der Waals surface area contributed by atoms with Gasteiger partial charge in [-0.2, -0.15) is 5.10 Å². The Kier molecular flexibility index (Phi) is 7.21. The summed E-state index contributed by atoms with van der Waals surface area (Å²) in [5.41, 5.74) is 4.43. The van der Waals surface area contributed by atoms with E-state index < -0.39 is 0 Å². The Morgan fingerprint density at radius 1 is 1.22 bits per heavy atom. The lowest BCUT2D eigenvalue weighted by molar-refractivity contribution is -0.123. The summed E-state index contributed by atoms with van der Waals surface area (Å²) in [7, 11) is 0. The number of morpholine rings is 1. The Hall–Kier alpha value is -2.41. The van der Waals surface area contributed by atoms with Gasteiger partial charge in [0.25, 0.3) is 5.91 Å². The number of nitrogens with zero attached hydrogens (tertiary/aromatic N) is 2. The third-order valence-electron chi connectivity index (χ3n) is 4.05. The molecule has 1 amide bonds. The van der Waals surface area contributed by atoms with Crippen LogP contribution in [0, 0.1) is 0 Å². The van der Waals surface area contributed by atoms with Gasteiger partial charge in [0.05, 0.1) is 26.0 Å². The maximum Gasteiger partial charge on any atom is 0.254 e. The van der Waals surface area contributed by atoms with E-state index in [-0.39, 0.29) is 5.91 Å². The molecule has 142 valence electrons. The first kappa shape index (κ1) is 19.4. The van der Waals surface area contributed by atoms with Crippen LogP contribution in [0.1, 0.15) is 11.1 Å². The molecule has 0 unspecified atom stereocenters. The number of nitrogens with one attached hydrogen (secondary N) is 1. The molecule has 1 fully saturated rings. The van der Waals surface area contributed by atoms with Crippen LogP contribution < -0.4 is 10.2 Å². The minimum atomic E-state index is -0.130. The standard InChI is InChI=1S/C20H22ClN3O3/c21-18-3-1-2-17(12-18)15-27-19-6-4-16(5-7-19)13-22-23-20(25)14-24-8-10-26-11-9-24/h1-7,12-13H,8-11,14-15H2,(H,23,25). The Morgan fingerprint density at radius 2 is 2.00 bits per heavy atom. The number of ether oxygens (including phenoxy) is 2. The van der Waals surface area contributed by atoms with Gasteiger partial charge in [-0.25, -0.2) is 5.43 Å². The van der Waals surface area contributed by atoms with Crippen molar-refractivity contribution in [1.82, 2.24) is 10.3 Å². The zero-order valence-electron chi connectivity index (χ0n) is 14.9. The predicted octanol–water partition coefficient (Wildman–Crippen LogP) is 2.70. The SMILES string of the molecule is O=C(CN1CCOCC1)NN=Cc1ccc(OCc2cccc(Cl)c2)cc1. The largest absolute Gasteiger partial charge is 0.489 e. The van der Waals surface area contributed by atoms with Gasteiger partial charge in [-0.3, -0.25) is 9.69 Å². The van der Waals surface area contributed by atoms with E-state index >= 15 is 0 Å². The van der Waals surface area contributed by atoms with Crippen LogP contribution in [-0.2, 0) is 16.1 Å². The van der Waals surface area contributed by atoms with E-state index in [0.717, 1.165) is 30.0 Å². The first-order chi connectivity index (χ1) is 13.2. The molecule has 1 heterocycles. The minimum absolute atomic E-state index is 0.130. The quantitative estimate of drug-likeness (QED) is 0.586. The molecule has 1 aliphatic rings. The van der Waals surface area contributed by atoms with E-state index in [1.54, 1.807) is 6.21 Å². The molecule has 1 N–H and O–H groups in total. The molecule has 6 nitrogen and oxygen atoms in total. The summed E-state index contributed by atoms with van der Waals surface area (Å²) in [6, 6.07) is 15.1. The number of amides is 1. The maximum atomic E-state index is 11.9. The highest BCUT2D eigenvalue weighted by atomic mass is 35.5. The van der Waals surface area contributed by atoms with Gasteiger partial charge >= 0.3 is 0 Å². The highest BCUT2D eigenvalue weighted by molar-refractivity contribution is 6.30. The molecule has 0 spiro atoms. The van der Waals surface area contributed by atoms with E-state index in [0.29, 0.717) is 31.4 Å². The lowest BCUT2D eigenvalue weighted by Gasteiger charge is -2.25. The zero-order valence-corrected chi connectivity index (χ0v) is 15.7. The summed E-state index contributed by atoms with van der Waals surface area (Å²) < 4.78 is 11.0. The molecular weight excluding hydrogens is 366 g/mol. The van der Waals surface area contributed by atoms with Crippen molar-refractivity contribution in [2.75, 3.05) is 32.8 Å². The molecule has 1 saturated heterocycles. The first-order valence-electron chi connectivity index (χ1n) is 8.78. The van der Waals surface area contributed by atoms with Crippen LogP contribution >= 0.6 is 11.6 Å². The van der Waals surface area contributed by atoms with Crippen molar-refractivity contribution in [3.63, 3.8) is 0 Å². The van der Waals surface area contributed by atoms with Crippen LogP contribution in [0.2, 0.25) is 5.02 Å². The minimum Gasteiger partial charge on any atom is -0.489 e. The van der Waals surface area contributed by atoms with Crippen LogP contribution in [0.5, 0.6) is 5.75 Å². The van der Waals surface area contributed by atoms with E-state index in [2.05, 4.69) is 10.5 Å².